The van der Waals surface area contributed by atoms with Crippen molar-refractivity contribution < 1.29 is 4.74 Å². The molecule has 0 fully saturated rings. The lowest BCUT2D eigenvalue weighted by Gasteiger charge is -2.09. The number of anilines is 1. The number of nitrogen functional groups attached to an aromatic ring is 1. The lowest BCUT2D eigenvalue weighted by molar-refractivity contribution is 0.135. The predicted octanol–water partition coefficient (Wildman–Crippen LogP) is 3.20. The zero-order valence-corrected chi connectivity index (χ0v) is 11.6. The molecule has 2 N–H and O–H groups in total. The van der Waals surface area contributed by atoms with Crippen LogP contribution >= 0.6 is 0 Å². The van der Waals surface area contributed by atoms with Crippen LogP contribution < -0.4 is 5.73 Å². The molecule has 2 aromatic carbocycles. The van der Waals surface area contributed by atoms with Crippen LogP contribution in [0.4, 0.5) is 5.69 Å². The zero-order chi connectivity index (χ0) is 14.1. The van der Waals surface area contributed by atoms with E-state index in [1.165, 1.54) is 5.56 Å². The number of ether oxygens (including phenoxy) is 1. The van der Waals surface area contributed by atoms with E-state index in [1.807, 2.05) is 34.9 Å². The summed E-state index contributed by atoms with van der Waals surface area (Å²) in [6.07, 6.45) is 0. The third-order valence-electron chi connectivity index (χ3n) is 3.45. The van der Waals surface area contributed by atoms with E-state index in [9.17, 15) is 0 Å². The van der Waals surface area contributed by atoms with Crippen molar-refractivity contribution in [3.8, 4) is 11.4 Å². The Kier molecular flexibility index (Phi) is 3.16. The van der Waals surface area contributed by atoms with Crippen LogP contribution in [0.25, 0.3) is 22.4 Å². The van der Waals surface area contributed by atoms with E-state index in [2.05, 4.69) is 19.1 Å². The molecule has 0 bridgehead atoms. The molecule has 3 rings (SSSR count). The summed E-state index contributed by atoms with van der Waals surface area (Å²) in [5.41, 5.74) is 10.8. The molecule has 0 amide bonds. The van der Waals surface area contributed by atoms with Gasteiger partial charge in [0, 0.05) is 12.7 Å². The minimum absolute atomic E-state index is 0.448. The van der Waals surface area contributed by atoms with Gasteiger partial charge >= 0.3 is 0 Å². The number of para-hydroxylation sites is 1. The molecule has 4 nitrogen and oxygen atoms in total. The fraction of sp³-hybridized carbons (Fsp3) is 0.188. The molecule has 0 aliphatic carbocycles. The van der Waals surface area contributed by atoms with Crippen LogP contribution in [0.2, 0.25) is 0 Å². The average Bonchev–Trinajstić information content (AvgIpc) is 2.80. The number of aryl methyl sites for hydroxylation is 1. The zero-order valence-electron chi connectivity index (χ0n) is 11.6. The quantitative estimate of drug-likeness (QED) is 0.741. The van der Waals surface area contributed by atoms with Crippen LogP contribution in [0.5, 0.6) is 0 Å². The van der Waals surface area contributed by atoms with Crippen molar-refractivity contribution in [1.82, 2.24) is 9.55 Å². The van der Waals surface area contributed by atoms with Gasteiger partial charge in [-0.1, -0.05) is 30.3 Å². The SMILES string of the molecule is COCn1c(-c2ccccc2C)nc2c(N)cccc21. The first-order chi connectivity index (χ1) is 9.72. The fourth-order valence-electron chi connectivity index (χ4n) is 2.46. The molecule has 0 aliphatic rings. The maximum absolute atomic E-state index is 6.03. The average molecular weight is 267 g/mol. The van der Waals surface area contributed by atoms with Gasteiger partial charge in [-0.3, -0.25) is 4.57 Å². The molecule has 0 spiro atoms. The Morgan fingerprint density at radius 3 is 2.70 bits per heavy atom. The van der Waals surface area contributed by atoms with Crippen molar-refractivity contribution in [2.24, 2.45) is 0 Å². The number of hydrogen-bond donors (Lipinski definition) is 1. The van der Waals surface area contributed by atoms with E-state index in [-0.39, 0.29) is 0 Å². The summed E-state index contributed by atoms with van der Waals surface area (Å²) < 4.78 is 7.37. The van der Waals surface area contributed by atoms with Crippen LogP contribution in [-0.2, 0) is 11.5 Å². The number of nitrogens with zero attached hydrogens (tertiary/aromatic N) is 2. The number of aromatic nitrogens is 2. The molecule has 4 heteroatoms. The maximum Gasteiger partial charge on any atom is 0.143 e. The Hall–Kier alpha value is -2.33. The number of hydrogen-bond acceptors (Lipinski definition) is 3. The highest BCUT2D eigenvalue weighted by molar-refractivity contribution is 5.90. The first-order valence-electron chi connectivity index (χ1n) is 6.52. The normalized spacial score (nSPS) is 11.1. The Morgan fingerprint density at radius 2 is 1.95 bits per heavy atom. The number of benzene rings is 2. The Balaban J connectivity index is 2.32. The van der Waals surface area contributed by atoms with Gasteiger partial charge in [0.1, 0.15) is 18.1 Å². The molecule has 102 valence electrons. The van der Waals surface area contributed by atoms with Gasteiger partial charge in [-0.25, -0.2) is 4.98 Å². The lowest BCUT2D eigenvalue weighted by atomic mass is 10.1. The third-order valence-corrected chi connectivity index (χ3v) is 3.45. The highest BCUT2D eigenvalue weighted by Crippen LogP contribution is 2.29. The lowest BCUT2D eigenvalue weighted by Crippen LogP contribution is -2.03. The summed E-state index contributed by atoms with van der Waals surface area (Å²) in [6.45, 7) is 2.53. The van der Waals surface area contributed by atoms with E-state index >= 15 is 0 Å². The summed E-state index contributed by atoms with van der Waals surface area (Å²) in [4.78, 5) is 4.72. The van der Waals surface area contributed by atoms with Gasteiger partial charge < -0.3 is 10.5 Å². The highest BCUT2D eigenvalue weighted by Gasteiger charge is 2.15. The summed E-state index contributed by atoms with van der Waals surface area (Å²) in [6, 6.07) is 14.0. The van der Waals surface area contributed by atoms with Crippen molar-refractivity contribution in [3.05, 3.63) is 48.0 Å². The van der Waals surface area contributed by atoms with Crippen molar-refractivity contribution in [3.63, 3.8) is 0 Å². The first kappa shape index (κ1) is 12.7. The molecule has 0 unspecified atom stereocenters. The summed E-state index contributed by atoms with van der Waals surface area (Å²) in [5, 5.41) is 0. The topological polar surface area (TPSA) is 53.1 Å². The van der Waals surface area contributed by atoms with Crippen LogP contribution in [0.1, 0.15) is 5.56 Å². The molecule has 1 aromatic heterocycles. The van der Waals surface area contributed by atoms with E-state index in [0.29, 0.717) is 12.4 Å². The number of imidazole rings is 1. The van der Waals surface area contributed by atoms with Gasteiger partial charge in [0.15, 0.2) is 0 Å². The molecule has 0 saturated carbocycles. The van der Waals surface area contributed by atoms with Gasteiger partial charge in [0.25, 0.3) is 0 Å². The predicted molar refractivity (Wildman–Crippen MR) is 81.3 cm³/mol. The second-order valence-electron chi connectivity index (χ2n) is 4.81. The number of rotatable bonds is 3. The molecular formula is C16H17N3O. The molecular weight excluding hydrogens is 250 g/mol. The van der Waals surface area contributed by atoms with Crippen molar-refractivity contribution in [2.45, 2.75) is 13.7 Å². The van der Waals surface area contributed by atoms with Crippen molar-refractivity contribution in [2.75, 3.05) is 12.8 Å². The molecule has 0 atom stereocenters. The molecule has 0 radical (unpaired) electrons. The van der Waals surface area contributed by atoms with E-state index in [4.69, 9.17) is 15.5 Å². The number of methoxy groups -OCH3 is 1. The van der Waals surface area contributed by atoms with E-state index in [1.54, 1.807) is 7.11 Å². The van der Waals surface area contributed by atoms with E-state index < -0.39 is 0 Å². The second kappa shape index (κ2) is 4.98. The van der Waals surface area contributed by atoms with Crippen LogP contribution in [0.15, 0.2) is 42.5 Å². The van der Waals surface area contributed by atoms with Gasteiger partial charge in [0.05, 0.1) is 11.2 Å². The standard InChI is InChI=1S/C16H17N3O/c1-11-6-3-4-7-12(11)16-18-15-13(17)8-5-9-14(15)19(16)10-20-2/h3-9H,10,17H2,1-2H3. The Morgan fingerprint density at radius 1 is 1.15 bits per heavy atom. The summed E-state index contributed by atoms with van der Waals surface area (Å²) >= 11 is 0. The second-order valence-corrected chi connectivity index (χ2v) is 4.81. The molecule has 0 aliphatic heterocycles. The van der Waals surface area contributed by atoms with E-state index in [0.717, 1.165) is 22.4 Å². The van der Waals surface area contributed by atoms with Gasteiger partial charge in [-0.2, -0.15) is 0 Å². The molecule has 20 heavy (non-hydrogen) atoms. The van der Waals surface area contributed by atoms with Crippen LogP contribution in [0, 0.1) is 6.92 Å². The smallest absolute Gasteiger partial charge is 0.143 e. The van der Waals surface area contributed by atoms with Gasteiger partial charge in [-0.15, -0.1) is 0 Å². The first-order valence-corrected chi connectivity index (χ1v) is 6.52. The maximum atomic E-state index is 6.03. The molecule has 1 heterocycles. The monoisotopic (exact) mass is 267 g/mol. The highest BCUT2D eigenvalue weighted by atomic mass is 16.5. The van der Waals surface area contributed by atoms with Crippen LogP contribution in [0.3, 0.4) is 0 Å². The van der Waals surface area contributed by atoms with Crippen LogP contribution in [-0.4, -0.2) is 16.7 Å². The summed E-state index contributed by atoms with van der Waals surface area (Å²) in [5.74, 6) is 0.887. The third kappa shape index (κ3) is 1.94. The number of nitrogens with two attached hydrogens (primary N) is 1. The Labute approximate surface area is 117 Å². The van der Waals surface area contributed by atoms with Crippen molar-refractivity contribution in [1.29, 1.82) is 0 Å². The minimum Gasteiger partial charge on any atom is -0.397 e. The number of fused-ring (bicyclic) bond motifs is 1. The fourth-order valence-corrected chi connectivity index (χ4v) is 2.46. The largest absolute Gasteiger partial charge is 0.397 e. The van der Waals surface area contributed by atoms with Gasteiger partial charge in [-0.05, 0) is 24.6 Å². The van der Waals surface area contributed by atoms with Gasteiger partial charge in [0.2, 0.25) is 0 Å². The molecule has 0 saturated heterocycles. The Bertz CT molecular complexity index is 762. The van der Waals surface area contributed by atoms with Crippen molar-refractivity contribution >= 4 is 16.7 Å². The summed E-state index contributed by atoms with van der Waals surface area (Å²) in [7, 11) is 1.68. The molecule has 3 aromatic rings. The minimum atomic E-state index is 0.448.